The molecule has 2 amide bonds. The Morgan fingerprint density at radius 2 is 1.84 bits per heavy atom. The van der Waals surface area contributed by atoms with Crippen molar-refractivity contribution in [1.82, 2.24) is 5.32 Å². The lowest BCUT2D eigenvalue weighted by molar-refractivity contribution is -0.136. The SMILES string of the molecule is CCCCCCNC(=O)N(C)c1cccc(-c2ccc(C=C(OCC)C(=O)O)c(F)c2)c1. The summed E-state index contributed by atoms with van der Waals surface area (Å²) in [6, 6.07) is 11.6. The molecule has 0 unspecified atom stereocenters. The number of aliphatic carboxylic acids is 1. The van der Waals surface area contributed by atoms with Crippen LogP contribution in [0.2, 0.25) is 0 Å². The van der Waals surface area contributed by atoms with Gasteiger partial charge in [0.2, 0.25) is 5.76 Å². The lowest BCUT2D eigenvalue weighted by Gasteiger charge is -2.19. The molecule has 2 rings (SSSR count). The predicted octanol–water partition coefficient (Wildman–Crippen LogP) is 5.68. The third-order valence-corrected chi connectivity index (χ3v) is 4.98. The molecule has 0 fully saturated rings. The van der Waals surface area contributed by atoms with E-state index < -0.39 is 11.8 Å². The Morgan fingerprint density at radius 1 is 1.09 bits per heavy atom. The van der Waals surface area contributed by atoms with Gasteiger partial charge in [0.05, 0.1) is 6.61 Å². The van der Waals surface area contributed by atoms with Crippen LogP contribution in [-0.4, -0.2) is 37.3 Å². The number of anilines is 1. The monoisotopic (exact) mass is 442 g/mol. The third-order valence-electron chi connectivity index (χ3n) is 4.98. The van der Waals surface area contributed by atoms with E-state index in [1.54, 1.807) is 26.1 Å². The molecule has 0 aliphatic heterocycles. The van der Waals surface area contributed by atoms with Crippen LogP contribution in [0.3, 0.4) is 0 Å². The minimum atomic E-state index is -1.25. The highest BCUT2D eigenvalue weighted by Gasteiger charge is 2.13. The van der Waals surface area contributed by atoms with Crippen molar-refractivity contribution < 1.29 is 23.8 Å². The maximum atomic E-state index is 14.6. The Labute approximate surface area is 188 Å². The molecule has 0 radical (unpaired) electrons. The van der Waals surface area contributed by atoms with Crippen LogP contribution in [-0.2, 0) is 9.53 Å². The number of benzene rings is 2. The van der Waals surface area contributed by atoms with Crippen molar-refractivity contribution in [1.29, 1.82) is 0 Å². The van der Waals surface area contributed by atoms with Crippen LogP contribution in [0.1, 0.15) is 45.1 Å². The van der Waals surface area contributed by atoms with Crippen LogP contribution in [0, 0.1) is 5.82 Å². The van der Waals surface area contributed by atoms with Crippen LogP contribution < -0.4 is 10.2 Å². The molecule has 0 aromatic heterocycles. The Bertz CT molecular complexity index is 959. The fourth-order valence-electron chi connectivity index (χ4n) is 3.16. The first-order valence-electron chi connectivity index (χ1n) is 10.9. The van der Waals surface area contributed by atoms with Gasteiger partial charge in [-0.15, -0.1) is 0 Å². The topological polar surface area (TPSA) is 78.9 Å². The summed E-state index contributed by atoms with van der Waals surface area (Å²) in [5.41, 5.74) is 2.16. The van der Waals surface area contributed by atoms with Gasteiger partial charge in [-0.1, -0.05) is 50.5 Å². The lowest BCUT2D eigenvalue weighted by Crippen LogP contribution is -2.37. The summed E-state index contributed by atoms with van der Waals surface area (Å²) >= 11 is 0. The molecule has 2 aromatic carbocycles. The molecular formula is C25H31FN2O4. The quantitative estimate of drug-likeness (QED) is 0.267. The van der Waals surface area contributed by atoms with E-state index in [1.807, 2.05) is 18.2 Å². The summed E-state index contributed by atoms with van der Waals surface area (Å²) in [4.78, 5) is 25.2. The molecule has 0 spiro atoms. The first kappa shape index (κ1) is 24.9. The number of carboxylic acid groups (broad SMARTS) is 1. The molecule has 172 valence electrons. The molecule has 0 bridgehead atoms. The number of carbonyl (C=O) groups is 2. The summed E-state index contributed by atoms with van der Waals surface area (Å²) in [6.45, 7) is 4.60. The Balaban J connectivity index is 2.15. The van der Waals surface area contributed by atoms with Crippen LogP contribution in [0.15, 0.2) is 48.2 Å². The number of carboxylic acids is 1. The molecule has 0 saturated carbocycles. The molecule has 0 atom stereocenters. The van der Waals surface area contributed by atoms with Crippen molar-refractivity contribution in [3.05, 3.63) is 59.6 Å². The van der Waals surface area contributed by atoms with E-state index in [-0.39, 0.29) is 24.0 Å². The van der Waals surface area contributed by atoms with Crippen molar-refractivity contribution in [2.24, 2.45) is 0 Å². The maximum Gasteiger partial charge on any atom is 0.371 e. The molecule has 6 nitrogen and oxygen atoms in total. The van der Waals surface area contributed by atoms with Gasteiger partial charge in [-0.3, -0.25) is 4.90 Å². The summed E-state index contributed by atoms with van der Waals surface area (Å²) in [7, 11) is 1.69. The normalized spacial score (nSPS) is 11.2. The number of ether oxygens (including phenoxy) is 1. The number of urea groups is 1. The van der Waals surface area contributed by atoms with E-state index >= 15 is 0 Å². The molecule has 0 saturated heterocycles. The number of nitrogens with one attached hydrogen (secondary N) is 1. The Kier molecular flexibility index (Phi) is 9.73. The fourth-order valence-corrected chi connectivity index (χ4v) is 3.16. The van der Waals surface area contributed by atoms with Crippen molar-refractivity contribution in [2.75, 3.05) is 25.1 Å². The zero-order chi connectivity index (χ0) is 23.5. The van der Waals surface area contributed by atoms with Crippen molar-refractivity contribution >= 4 is 23.8 Å². The summed E-state index contributed by atoms with van der Waals surface area (Å²) in [6.07, 6.45) is 5.50. The van der Waals surface area contributed by atoms with E-state index in [0.717, 1.165) is 31.2 Å². The van der Waals surface area contributed by atoms with Gasteiger partial charge in [0.25, 0.3) is 0 Å². The predicted molar refractivity (Wildman–Crippen MR) is 125 cm³/mol. The number of nitrogens with zero attached hydrogens (tertiary/aromatic N) is 1. The minimum absolute atomic E-state index is 0.121. The number of rotatable bonds is 11. The molecule has 2 aromatic rings. The fraction of sp³-hybridized carbons (Fsp3) is 0.360. The summed E-state index contributed by atoms with van der Waals surface area (Å²) in [5, 5.41) is 12.1. The number of hydrogen-bond donors (Lipinski definition) is 2. The molecule has 0 aliphatic rings. The van der Waals surface area contributed by atoms with E-state index in [0.29, 0.717) is 17.8 Å². The van der Waals surface area contributed by atoms with Gasteiger partial charge in [-0.2, -0.15) is 0 Å². The van der Waals surface area contributed by atoms with Crippen LogP contribution in [0.4, 0.5) is 14.9 Å². The van der Waals surface area contributed by atoms with Gasteiger partial charge < -0.3 is 15.2 Å². The molecule has 0 aliphatic carbocycles. The molecule has 0 heterocycles. The lowest BCUT2D eigenvalue weighted by atomic mass is 10.0. The highest BCUT2D eigenvalue weighted by atomic mass is 19.1. The smallest absolute Gasteiger partial charge is 0.371 e. The second-order valence-corrected chi connectivity index (χ2v) is 7.38. The van der Waals surface area contributed by atoms with Gasteiger partial charge in [-0.25, -0.2) is 14.0 Å². The largest absolute Gasteiger partial charge is 0.487 e. The van der Waals surface area contributed by atoms with E-state index in [1.165, 1.54) is 23.1 Å². The molecule has 2 N–H and O–H groups in total. The van der Waals surface area contributed by atoms with Crippen LogP contribution in [0.25, 0.3) is 17.2 Å². The second kappa shape index (κ2) is 12.5. The molecular weight excluding hydrogens is 411 g/mol. The molecule has 7 heteroatoms. The van der Waals surface area contributed by atoms with E-state index in [9.17, 15) is 14.0 Å². The van der Waals surface area contributed by atoms with E-state index in [2.05, 4.69) is 12.2 Å². The van der Waals surface area contributed by atoms with Gasteiger partial charge >= 0.3 is 12.0 Å². The minimum Gasteiger partial charge on any atom is -0.487 e. The highest BCUT2D eigenvalue weighted by Crippen LogP contribution is 2.27. The van der Waals surface area contributed by atoms with Crippen molar-refractivity contribution in [2.45, 2.75) is 39.5 Å². The highest BCUT2D eigenvalue weighted by molar-refractivity contribution is 5.92. The van der Waals surface area contributed by atoms with Crippen molar-refractivity contribution in [3.8, 4) is 11.1 Å². The first-order chi connectivity index (χ1) is 15.4. The number of halogens is 1. The Hall–Kier alpha value is -3.35. The summed E-state index contributed by atoms with van der Waals surface area (Å²) < 4.78 is 19.7. The second-order valence-electron chi connectivity index (χ2n) is 7.38. The van der Waals surface area contributed by atoms with Gasteiger partial charge in [0.1, 0.15) is 5.82 Å². The average molecular weight is 443 g/mol. The number of amides is 2. The van der Waals surface area contributed by atoms with Gasteiger partial charge in [0.15, 0.2) is 0 Å². The van der Waals surface area contributed by atoms with Crippen molar-refractivity contribution in [3.63, 3.8) is 0 Å². The number of carbonyl (C=O) groups excluding carboxylic acids is 1. The zero-order valence-electron chi connectivity index (χ0n) is 18.9. The average Bonchev–Trinajstić information content (AvgIpc) is 2.79. The number of hydrogen-bond acceptors (Lipinski definition) is 3. The number of unbranched alkanes of at least 4 members (excludes halogenated alkanes) is 3. The zero-order valence-corrected chi connectivity index (χ0v) is 18.9. The Morgan fingerprint density at radius 3 is 2.50 bits per heavy atom. The van der Waals surface area contributed by atoms with Gasteiger partial charge in [-0.05, 0) is 48.7 Å². The first-order valence-corrected chi connectivity index (χ1v) is 10.9. The standard InChI is InChI=1S/C25H31FN2O4/c1-4-6-7-8-14-27-25(31)28(3)21-11-9-10-18(15-21)19-12-13-20(22(26)16-19)17-23(24(29)30)32-5-2/h9-13,15-17H,4-8,14H2,1-3H3,(H,27,31)(H,29,30). The maximum absolute atomic E-state index is 14.6. The third kappa shape index (κ3) is 7.11. The van der Waals surface area contributed by atoms with Crippen LogP contribution in [0.5, 0.6) is 0 Å². The van der Waals surface area contributed by atoms with E-state index in [4.69, 9.17) is 9.84 Å². The van der Waals surface area contributed by atoms with Crippen LogP contribution >= 0.6 is 0 Å². The summed E-state index contributed by atoms with van der Waals surface area (Å²) in [5.74, 6) is -2.14. The van der Waals surface area contributed by atoms with Gasteiger partial charge in [0, 0.05) is 24.8 Å². The molecule has 32 heavy (non-hydrogen) atoms.